The number of benzene rings is 1. The fourth-order valence-corrected chi connectivity index (χ4v) is 4.98. The number of hydrogen-bond acceptors (Lipinski definition) is 9. The largest absolute Gasteiger partial charge is 0.462 e. The molecule has 1 N–H and O–H groups in total. The van der Waals surface area contributed by atoms with Crippen molar-refractivity contribution in [1.29, 1.82) is 0 Å². The number of amidine groups is 2. The van der Waals surface area contributed by atoms with Crippen LogP contribution in [0.2, 0.25) is 0 Å². The second-order valence-electron chi connectivity index (χ2n) is 7.53. The van der Waals surface area contributed by atoms with Crippen molar-refractivity contribution < 1.29 is 28.5 Å². The summed E-state index contributed by atoms with van der Waals surface area (Å²) in [4.78, 5) is 60.7. The van der Waals surface area contributed by atoms with Gasteiger partial charge in [0, 0.05) is 5.69 Å². The molecule has 10 nitrogen and oxygen atoms in total. The Balaban J connectivity index is 1.52. The molecule has 0 saturated carbocycles. The highest BCUT2D eigenvalue weighted by Crippen LogP contribution is 2.27. The fraction of sp³-hybridized carbons (Fsp3) is 0.261. The number of carbonyl (C=O) groups is 4. The molecule has 35 heavy (non-hydrogen) atoms. The summed E-state index contributed by atoms with van der Waals surface area (Å²) in [6, 6.07) is 9.59. The number of nitrogens with one attached hydrogen (secondary N) is 1. The number of thioether (sulfide) groups is 1. The van der Waals surface area contributed by atoms with Gasteiger partial charge in [-0.2, -0.15) is 9.48 Å². The topological polar surface area (TPSA) is 121 Å². The molecule has 180 valence electrons. The van der Waals surface area contributed by atoms with E-state index in [0.717, 1.165) is 21.5 Å². The first-order chi connectivity index (χ1) is 16.8. The lowest BCUT2D eigenvalue weighted by atomic mass is 10.0. The van der Waals surface area contributed by atoms with Crippen LogP contribution in [0, 0.1) is 5.92 Å². The molecule has 4 amide bonds. The van der Waals surface area contributed by atoms with Crippen LogP contribution in [0.4, 0.5) is 10.5 Å². The predicted molar refractivity (Wildman–Crippen MR) is 135 cm³/mol. The number of anilines is 1. The Morgan fingerprint density at radius 1 is 1.20 bits per heavy atom. The second kappa shape index (κ2) is 10.3. The molecule has 1 aromatic heterocycles. The number of aliphatic imine (C=N–C) groups is 2. The molecular weight excluding hydrogens is 490 g/mol. The van der Waals surface area contributed by atoms with Crippen LogP contribution in [0.5, 0.6) is 0 Å². The molecule has 2 aliphatic rings. The average molecular weight is 513 g/mol. The number of ether oxygens (including phenoxy) is 1. The second-order valence-corrected chi connectivity index (χ2v) is 9.47. The maximum atomic E-state index is 12.9. The van der Waals surface area contributed by atoms with E-state index in [1.165, 1.54) is 23.0 Å². The van der Waals surface area contributed by atoms with Crippen LogP contribution in [0.3, 0.4) is 0 Å². The first-order valence-corrected chi connectivity index (χ1v) is 12.5. The Morgan fingerprint density at radius 3 is 2.60 bits per heavy atom. The van der Waals surface area contributed by atoms with E-state index >= 15 is 0 Å². The molecule has 1 unspecified atom stereocenters. The van der Waals surface area contributed by atoms with Gasteiger partial charge < -0.3 is 10.1 Å². The summed E-state index contributed by atoms with van der Waals surface area (Å²) in [7, 11) is 2.97. The van der Waals surface area contributed by atoms with Crippen molar-refractivity contribution in [2.24, 2.45) is 15.9 Å². The third-order valence-corrected chi connectivity index (χ3v) is 7.10. The molecule has 1 atom stereocenters. The molecule has 1 aromatic carbocycles. The van der Waals surface area contributed by atoms with E-state index in [9.17, 15) is 19.2 Å². The van der Waals surface area contributed by atoms with E-state index in [1.54, 1.807) is 38.2 Å². The quantitative estimate of drug-likeness (QED) is 0.469. The van der Waals surface area contributed by atoms with E-state index in [4.69, 9.17) is 4.74 Å². The molecule has 2 aliphatic heterocycles. The normalized spacial score (nSPS) is 17.6. The predicted octanol–water partition coefficient (Wildman–Crippen LogP) is 2.70. The molecule has 0 radical (unpaired) electrons. The summed E-state index contributed by atoms with van der Waals surface area (Å²) in [5.41, 5.74) is 0.902. The monoisotopic (exact) mass is 512 g/mol. The number of fused-ring (bicyclic) bond motifs is 1. The summed E-state index contributed by atoms with van der Waals surface area (Å²) in [6.07, 6.45) is 0. The molecule has 0 fully saturated rings. The van der Waals surface area contributed by atoms with Crippen LogP contribution < -0.4 is 5.32 Å². The molecule has 0 bridgehead atoms. The van der Waals surface area contributed by atoms with E-state index in [1.807, 2.05) is 17.5 Å². The fourth-order valence-electron chi connectivity index (χ4n) is 3.45. The Bertz CT molecular complexity index is 1280. The van der Waals surface area contributed by atoms with Crippen molar-refractivity contribution >= 4 is 69.3 Å². The minimum absolute atomic E-state index is 0.0192. The van der Waals surface area contributed by atoms with Crippen LogP contribution in [0.15, 0.2) is 51.8 Å². The standard InChI is InChI=1S/C23H21N5O5S2/c1-4-33-22(31)13-7-9-14(10-8-13)24-16(29)12-35-20-17-19(27(2)23(32)28(3)21(17)30)25-18(26-20)15-6-5-11-34-15/h5-11,17H,4,12H2,1-3H3/p+1. The number of rotatable bonds is 6. The van der Waals surface area contributed by atoms with E-state index < -0.39 is 23.8 Å². The summed E-state index contributed by atoms with van der Waals surface area (Å²) in [6.45, 7) is 2.01. The van der Waals surface area contributed by atoms with Crippen molar-refractivity contribution in [2.45, 2.75) is 6.92 Å². The maximum Gasteiger partial charge on any atom is 0.445 e. The van der Waals surface area contributed by atoms with Gasteiger partial charge >= 0.3 is 17.9 Å². The minimum Gasteiger partial charge on any atom is -0.462 e. The molecule has 0 spiro atoms. The van der Waals surface area contributed by atoms with Crippen molar-refractivity contribution in [3.63, 3.8) is 0 Å². The summed E-state index contributed by atoms with van der Waals surface area (Å²) >= 11 is 2.55. The van der Waals surface area contributed by atoms with Gasteiger partial charge in [0.15, 0.2) is 5.92 Å². The van der Waals surface area contributed by atoms with Crippen LogP contribution in [0.1, 0.15) is 22.2 Å². The molecule has 0 saturated heterocycles. The number of hydrogen-bond donors (Lipinski definition) is 1. The Hall–Kier alpha value is -3.64. The van der Waals surface area contributed by atoms with Crippen LogP contribution >= 0.6 is 23.1 Å². The third kappa shape index (κ3) is 5.08. The lowest BCUT2D eigenvalue weighted by Gasteiger charge is -2.26. The zero-order chi connectivity index (χ0) is 25.1. The van der Waals surface area contributed by atoms with Gasteiger partial charge in [0.1, 0.15) is 5.04 Å². The van der Waals surface area contributed by atoms with E-state index in [2.05, 4.69) is 15.3 Å². The SMILES string of the molecule is CCOC(=O)c1ccc(NC(=O)CSC2=NC(c3cccs3)=NC3=[N+](C)C(=O)N(C)C(=O)C23)cc1. The lowest BCUT2D eigenvalue weighted by molar-refractivity contribution is -0.407. The number of imide groups is 1. The summed E-state index contributed by atoms with van der Waals surface area (Å²) in [5, 5.41) is 5.04. The van der Waals surface area contributed by atoms with Crippen LogP contribution in [0.25, 0.3) is 0 Å². The third-order valence-electron chi connectivity index (χ3n) is 5.21. The van der Waals surface area contributed by atoms with Crippen molar-refractivity contribution in [1.82, 2.24) is 4.90 Å². The van der Waals surface area contributed by atoms with Crippen LogP contribution in [-0.2, 0) is 14.3 Å². The lowest BCUT2D eigenvalue weighted by Crippen LogP contribution is -2.54. The molecule has 3 heterocycles. The highest BCUT2D eigenvalue weighted by molar-refractivity contribution is 8.14. The zero-order valence-electron chi connectivity index (χ0n) is 19.2. The van der Waals surface area contributed by atoms with Gasteiger partial charge in [-0.1, -0.05) is 22.8 Å². The number of carbonyl (C=O) groups excluding carboxylic acids is 4. The first kappa shape index (κ1) is 24.5. The number of nitrogens with zero attached hydrogens (tertiary/aromatic N) is 4. The summed E-state index contributed by atoms with van der Waals surface area (Å²) in [5.74, 6) is -1.41. The molecular formula is C23H22N5O5S2+. The van der Waals surface area contributed by atoms with Gasteiger partial charge in [0.25, 0.3) is 5.84 Å². The van der Waals surface area contributed by atoms with Gasteiger partial charge in [-0.3, -0.25) is 9.59 Å². The smallest absolute Gasteiger partial charge is 0.445 e. The summed E-state index contributed by atoms with van der Waals surface area (Å²) < 4.78 is 6.29. The number of urea groups is 1. The maximum absolute atomic E-state index is 12.9. The molecule has 2 aromatic rings. The Morgan fingerprint density at radius 2 is 1.94 bits per heavy atom. The van der Waals surface area contributed by atoms with Gasteiger partial charge in [-0.25, -0.2) is 14.6 Å². The number of amides is 4. The highest BCUT2D eigenvalue weighted by Gasteiger charge is 2.49. The average Bonchev–Trinajstić information content (AvgIpc) is 3.40. The highest BCUT2D eigenvalue weighted by atomic mass is 32.2. The Labute approximate surface area is 209 Å². The van der Waals surface area contributed by atoms with E-state index in [0.29, 0.717) is 22.1 Å². The molecule has 4 rings (SSSR count). The van der Waals surface area contributed by atoms with Crippen molar-refractivity contribution in [2.75, 3.05) is 31.8 Å². The van der Waals surface area contributed by atoms with Gasteiger partial charge in [0.05, 0.1) is 36.9 Å². The Kier molecular flexibility index (Phi) is 7.22. The number of esters is 1. The minimum atomic E-state index is -0.868. The van der Waals surface area contributed by atoms with Gasteiger partial charge in [0.2, 0.25) is 11.7 Å². The van der Waals surface area contributed by atoms with Crippen molar-refractivity contribution in [3.8, 4) is 0 Å². The van der Waals surface area contributed by atoms with Gasteiger partial charge in [-0.05, 0) is 42.6 Å². The first-order valence-electron chi connectivity index (χ1n) is 10.6. The molecule has 12 heteroatoms. The van der Waals surface area contributed by atoms with Crippen molar-refractivity contribution in [3.05, 3.63) is 52.2 Å². The van der Waals surface area contributed by atoms with E-state index in [-0.39, 0.29) is 24.1 Å². The zero-order valence-corrected chi connectivity index (χ0v) is 20.8. The number of thiophene rings is 1. The van der Waals surface area contributed by atoms with Crippen LogP contribution in [-0.4, -0.2) is 76.5 Å². The molecule has 0 aliphatic carbocycles. The van der Waals surface area contributed by atoms with Gasteiger partial charge in [-0.15, -0.1) is 11.3 Å².